The molecule has 7 nitrogen and oxygen atoms in total. The molecule has 1 aromatic heterocycles. The molecule has 3 N–H and O–H groups in total. The molecule has 0 saturated heterocycles. The van der Waals surface area contributed by atoms with E-state index in [1.54, 1.807) is 16.8 Å². The van der Waals surface area contributed by atoms with Crippen LogP contribution in [-0.2, 0) is 6.54 Å². The molecule has 0 aliphatic rings. The number of nitrogens with one attached hydrogen (secondary N) is 1. The lowest BCUT2D eigenvalue weighted by Crippen LogP contribution is -2.01. The number of aromatic nitrogens is 4. The molecule has 0 radical (unpaired) electrons. The Balaban J connectivity index is 1.77. The van der Waals surface area contributed by atoms with Gasteiger partial charge in [-0.1, -0.05) is 18.2 Å². The molecule has 1 heterocycles. The van der Waals surface area contributed by atoms with Crippen molar-refractivity contribution in [1.29, 1.82) is 0 Å². The maximum atomic E-state index is 9.76. The summed E-state index contributed by atoms with van der Waals surface area (Å²) >= 11 is 0. The minimum Gasteiger partial charge on any atom is -0.504 e. The number of aromatic hydroxyl groups is 2. The van der Waals surface area contributed by atoms with Gasteiger partial charge in [-0.05, 0) is 34.7 Å². The number of hydrogen-bond acceptors (Lipinski definition) is 6. The van der Waals surface area contributed by atoms with E-state index in [0.29, 0.717) is 12.1 Å². The Morgan fingerprint density at radius 2 is 1.95 bits per heavy atom. The van der Waals surface area contributed by atoms with Gasteiger partial charge >= 0.3 is 0 Å². The maximum Gasteiger partial charge on any atom is 0.162 e. The van der Waals surface area contributed by atoms with Crippen LogP contribution in [0.25, 0.3) is 5.69 Å². The van der Waals surface area contributed by atoms with Crippen LogP contribution < -0.4 is 5.32 Å². The van der Waals surface area contributed by atoms with Gasteiger partial charge in [0.15, 0.2) is 11.5 Å². The van der Waals surface area contributed by atoms with Crippen LogP contribution in [0.4, 0.5) is 5.69 Å². The standard InChI is InChI=1S/C14H13N5O2/c20-13-6-1-3-10(14(13)21)8-15-11-4-2-5-12(7-11)19-9-16-17-18-19/h1-7,9,15,20-21H,8H2. The van der Waals surface area contributed by atoms with Gasteiger partial charge in [0.2, 0.25) is 0 Å². The van der Waals surface area contributed by atoms with Gasteiger partial charge in [-0.3, -0.25) is 0 Å². The molecule has 7 heteroatoms. The Morgan fingerprint density at radius 3 is 2.76 bits per heavy atom. The van der Waals surface area contributed by atoms with Gasteiger partial charge in [-0.15, -0.1) is 5.10 Å². The van der Waals surface area contributed by atoms with E-state index in [2.05, 4.69) is 20.8 Å². The van der Waals surface area contributed by atoms with Crippen LogP contribution in [0.2, 0.25) is 0 Å². The predicted octanol–water partition coefficient (Wildman–Crippen LogP) is 1.69. The van der Waals surface area contributed by atoms with Crippen molar-refractivity contribution < 1.29 is 10.2 Å². The Labute approximate surface area is 120 Å². The van der Waals surface area contributed by atoms with Crippen LogP contribution >= 0.6 is 0 Å². The smallest absolute Gasteiger partial charge is 0.162 e. The highest BCUT2D eigenvalue weighted by Gasteiger charge is 2.06. The summed E-state index contributed by atoms with van der Waals surface area (Å²) in [5, 5.41) is 33.4. The van der Waals surface area contributed by atoms with Crippen molar-refractivity contribution in [3.05, 3.63) is 54.4 Å². The Hall–Kier alpha value is -3.09. The fraction of sp³-hybridized carbons (Fsp3) is 0.0714. The van der Waals surface area contributed by atoms with Crippen LogP contribution in [0, 0.1) is 0 Å². The summed E-state index contributed by atoms with van der Waals surface area (Å²) < 4.78 is 1.55. The Morgan fingerprint density at radius 1 is 1.10 bits per heavy atom. The molecule has 2 aromatic carbocycles. The summed E-state index contributed by atoms with van der Waals surface area (Å²) in [5.74, 6) is -0.238. The second-order valence-electron chi connectivity index (χ2n) is 4.44. The summed E-state index contributed by atoms with van der Waals surface area (Å²) in [5.41, 5.74) is 2.29. The van der Waals surface area contributed by atoms with Crippen LogP contribution in [0.15, 0.2) is 48.8 Å². The lowest BCUT2D eigenvalue weighted by Gasteiger charge is -2.10. The Kier molecular flexibility index (Phi) is 3.38. The molecule has 0 atom stereocenters. The molecule has 0 saturated carbocycles. The third-order valence-corrected chi connectivity index (χ3v) is 3.04. The van der Waals surface area contributed by atoms with Crippen molar-refractivity contribution in [1.82, 2.24) is 20.2 Å². The third kappa shape index (κ3) is 2.76. The van der Waals surface area contributed by atoms with Gasteiger partial charge in [0.05, 0.1) is 5.69 Å². The number of hydrogen-bond donors (Lipinski definition) is 3. The second kappa shape index (κ2) is 5.49. The molecular formula is C14H13N5O2. The fourth-order valence-corrected chi connectivity index (χ4v) is 1.96. The quantitative estimate of drug-likeness (QED) is 0.630. The second-order valence-corrected chi connectivity index (χ2v) is 4.44. The first-order valence-electron chi connectivity index (χ1n) is 6.31. The summed E-state index contributed by atoms with van der Waals surface area (Å²) in [4.78, 5) is 0. The molecule has 3 aromatic rings. The Bertz CT molecular complexity index is 743. The SMILES string of the molecule is Oc1cccc(CNc2cccc(-n3cnnn3)c2)c1O. The zero-order valence-corrected chi connectivity index (χ0v) is 11.0. The van der Waals surface area contributed by atoms with Crippen molar-refractivity contribution in [2.75, 3.05) is 5.32 Å². The van der Waals surface area contributed by atoms with Gasteiger partial charge in [-0.25, -0.2) is 4.68 Å². The van der Waals surface area contributed by atoms with Gasteiger partial charge < -0.3 is 15.5 Å². The van der Waals surface area contributed by atoms with E-state index in [-0.39, 0.29) is 11.5 Å². The molecular weight excluding hydrogens is 270 g/mol. The van der Waals surface area contributed by atoms with Gasteiger partial charge in [0.1, 0.15) is 6.33 Å². The summed E-state index contributed by atoms with van der Waals surface area (Å²) in [6, 6.07) is 12.4. The van der Waals surface area contributed by atoms with Gasteiger partial charge in [0.25, 0.3) is 0 Å². The summed E-state index contributed by atoms with van der Waals surface area (Å²) in [7, 11) is 0. The first-order chi connectivity index (χ1) is 10.2. The minimum atomic E-state index is -0.128. The summed E-state index contributed by atoms with van der Waals surface area (Å²) in [6.45, 7) is 0.388. The first kappa shape index (κ1) is 12.9. The zero-order chi connectivity index (χ0) is 14.7. The van der Waals surface area contributed by atoms with Crippen molar-refractivity contribution in [3.8, 4) is 17.2 Å². The number of para-hydroxylation sites is 1. The molecule has 106 valence electrons. The van der Waals surface area contributed by atoms with Crippen LogP contribution in [0.3, 0.4) is 0 Å². The van der Waals surface area contributed by atoms with Crippen molar-refractivity contribution >= 4 is 5.69 Å². The van der Waals surface area contributed by atoms with Gasteiger partial charge in [-0.2, -0.15) is 0 Å². The molecule has 0 spiro atoms. The number of benzene rings is 2. The van der Waals surface area contributed by atoms with E-state index in [9.17, 15) is 10.2 Å². The molecule has 0 aliphatic carbocycles. The number of nitrogens with zero attached hydrogens (tertiary/aromatic N) is 4. The zero-order valence-electron chi connectivity index (χ0n) is 11.0. The molecule has 0 bridgehead atoms. The minimum absolute atomic E-state index is 0.110. The molecule has 21 heavy (non-hydrogen) atoms. The molecule has 0 unspecified atom stereocenters. The number of tetrazole rings is 1. The lowest BCUT2D eigenvalue weighted by molar-refractivity contribution is 0.400. The molecule has 0 aliphatic heterocycles. The predicted molar refractivity (Wildman–Crippen MR) is 76.3 cm³/mol. The maximum absolute atomic E-state index is 9.76. The molecule has 0 amide bonds. The highest BCUT2D eigenvalue weighted by molar-refractivity contribution is 5.52. The van der Waals surface area contributed by atoms with Gasteiger partial charge in [0, 0.05) is 17.8 Å². The van der Waals surface area contributed by atoms with Crippen LogP contribution in [0.5, 0.6) is 11.5 Å². The van der Waals surface area contributed by atoms with Crippen molar-refractivity contribution in [2.45, 2.75) is 6.54 Å². The van der Waals surface area contributed by atoms with E-state index in [1.165, 1.54) is 12.4 Å². The van der Waals surface area contributed by atoms with Crippen LogP contribution in [0.1, 0.15) is 5.56 Å². The number of phenolic OH excluding ortho intramolecular Hbond substituents is 2. The summed E-state index contributed by atoms with van der Waals surface area (Å²) in [6.07, 6.45) is 1.51. The first-order valence-corrected chi connectivity index (χ1v) is 6.31. The average Bonchev–Trinajstić information content (AvgIpc) is 3.03. The largest absolute Gasteiger partial charge is 0.504 e. The van der Waals surface area contributed by atoms with Crippen molar-refractivity contribution in [3.63, 3.8) is 0 Å². The highest BCUT2D eigenvalue weighted by Crippen LogP contribution is 2.28. The number of phenols is 2. The number of rotatable bonds is 4. The van der Waals surface area contributed by atoms with E-state index >= 15 is 0 Å². The normalized spacial score (nSPS) is 10.5. The molecule has 0 fully saturated rings. The van der Waals surface area contributed by atoms with Crippen LogP contribution in [-0.4, -0.2) is 30.4 Å². The topological polar surface area (TPSA) is 96.1 Å². The average molecular weight is 283 g/mol. The van der Waals surface area contributed by atoms with E-state index in [4.69, 9.17) is 0 Å². The van der Waals surface area contributed by atoms with E-state index in [0.717, 1.165) is 11.4 Å². The monoisotopic (exact) mass is 283 g/mol. The highest BCUT2D eigenvalue weighted by atomic mass is 16.3. The van der Waals surface area contributed by atoms with E-state index in [1.807, 2.05) is 24.3 Å². The molecule has 3 rings (SSSR count). The van der Waals surface area contributed by atoms with Crippen molar-refractivity contribution in [2.24, 2.45) is 0 Å². The fourth-order valence-electron chi connectivity index (χ4n) is 1.96. The third-order valence-electron chi connectivity index (χ3n) is 3.04. The lowest BCUT2D eigenvalue weighted by atomic mass is 10.2. The van der Waals surface area contributed by atoms with E-state index < -0.39 is 0 Å². The number of anilines is 1.